The maximum Gasteiger partial charge on any atom is 0.311 e. The Balaban J connectivity index is 3.06. The van der Waals surface area contributed by atoms with Crippen LogP contribution in [0.2, 0.25) is 5.02 Å². The molecule has 0 atom stereocenters. The van der Waals surface area contributed by atoms with Gasteiger partial charge in [0.1, 0.15) is 6.07 Å². The number of nitrogens with zero attached hydrogens (tertiary/aromatic N) is 1. The lowest BCUT2D eigenvalue weighted by Crippen LogP contribution is -2.50. The van der Waals surface area contributed by atoms with Crippen LogP contribution in [0.3, 0.4) is 0 Å². The molecular weight excluding hydrogens is 264 g/mol. The van der Waals surface area contributed by atoms with Crippen LogP contribution >= 0.6 is 11.6 Å². The highest BCUT2D eigenvalue weighted by Crippen LogP contribution is 2.34. The van der Waals surface area contributed by atoms with Gasteiger partial charge in [0.25, 0.3) is 0 Å². The van der Waals surface area contributed by atoms with Crippen molar-refractivity contribution in [3.05, 3.63) is 28.8 Å². The van der Waals surface area contributed by atoms with Crippen LogP contribution in [0.25, 0.3) is 0 Å². The normalized spacial score (nSPS) is 11.8. The molecule has 0 amide bonds. The van der Waals surface area contributed by atoms with Crippen molar-refractivity contribution in [1.82, 2.24) is 0 Å². The summed E-state index contributed by atoms with van der Waals surface area (Å²) in [5.74, 6) is -0.884. The minimum atomic E-state index is -0.965. The summed E-state index contributed by atoms with van der Waals surface area (Å²) in [6.45, 7) is 6.95. The first kappa shape index (κ1) is 15.3. The predicted molar refractivity (Wildman–Crippen MR) is 75.3 cm³/mol. The van der Waals surface area contributed by atoms with Crippen LogP contribution < -0.4 is 5.32 Å². The summed E-state index contributed by atoms with van der Waals surface area (Å²) in [7, 11) is 0. The Hall–Kier alpha value is -1.73. The van der Waals surface area contributed by atoms with Crippen LogP contribution in [-0.4, -0.2) is 16.6 Å². The van der Waals surface area contributed by atoms with Gasteiger partial charge in [-0.1, -0.05) is 11.6 Å². The zero-order valence-corrected chi connectivity index (χ0v) is 12.2. The molecule has 0 saturated carbocycles. The molecule has 1 rings (SSSR count). The van der Waals surface area contributed by atoms with E-state index in [4.69, 9.17) is 16.9 Å². The van der Waals surface area contributed by atoms with E-state index in [-0.39, 0.29) is 0 Å². The number of carbonyl (C=O) groups is 1. The van der Waals surface area contributed by atoms with Gasteiger partial charge in [-0.3, -0.25) is 4.79 Å². The molecule has 0 aromatic heterocycles. The minimum absolute atomic E-state index is 0.344. The fourth-order valence-corrected chi connectivity index (χ4v) is 1.69. The van der Waals surface area contributed by atoms with Crippen LogP contribution in [-0.2, 0) is 4.79 Å². The van der Waals surface area contributed by atoms with Gasteiger partial charge in [-0.25, -0.2) is 0 Å². The number of hydrogen-bond acceptors (Lipinski definition) is 3. The summed E-state index contributed by atoms with van der Waals surface area (Å²) in [6.07, 6.45) is 0. The molecule has 2 N–H and O–H groups in total. The number of aliphatic carboxylic acids is 1. The summed E-state index contributed by atoms with van der Waals surface area (Å²) >= 11 is 5.96. The molecular formula is C14H17ClN2O2. The first-order valence-corrected chi connectivity index (χ1v) is 6.21. The number of hydrogen-bond donors (Lipinski definition) is 2. The van der Waals surface area contributed by atoms with Gasteiger partial charge in [0, 0.05) is 11.2 Å². The molecule has 0 unspecified atom stereocenters. The van der Waals surface area contributed by atoms with Crippen molar-refractivity contribution >= 4 is 23.3 Å². The van der Waals surface area contributed by atoms with Crippen molar-refractivity contribution in [3.8, 4) is 6.07 Å². The number of carboxylic acid groups (broad SMARTS) is 1. The monoisotopic (exact) mass is 280 g/mol. The molecule has 4 nitrogen and oxygen atoms in total. The molecule has 0 fully saturated rings. The highest BCUT2D eigenvalue weighted by molar-refractivity contribution is 6.32. The van der Waals surface area contributed by atoms with Crippen molar-refractivity contribution in [1.29, 1.82) is 5.26 Å². The molecule has 0 bridgehead atoms. The summed E-state index contributed by atoms with van der Waals surface area (Å²) in [5, 5.41) is 21.6. The molecule has 0 spiro atoms. The van der Waals surface area contributed by atoms with E-state index in [0.29, 0.717) is 16.3 Å². The molecule has 0 radical (unpaired) electrons. The molecule has 0 saturated heterocycles. The maximum absolute atomic E-state index is 11.3. The third-order valence-corrected chi connectivity index (χ3v) is 3.96. The Morgan fingerprint density at radius 2 is 1.95 bits per heavy atom. The number of anilines is 1. The van der Waals surface area contributed by atoms with Crippen molar-refractivity contribution in [3.63, 3.8) is 0 Å². The molecule has 0 aliphatic heterocycles. The predicted octanol–water partition coefficient (Wildman–Crippen LogP) is 3.51. The topological polar surface area (TPSA) is 73.1 Å². The van der Waals surface area contributed by atoms with Crippen molar-refractivity contribution < 1.29 is 9.90 Å². The largest absolute Gasteiger partial charge is 0.481 e. The Morgan fingerprint density at radius 3 is 2.37 bits per heavy atom. The number of carboxylic acids is 1. The van der Waals surface area contributed by atoms with Gasteiger partial charge in [-0.15, -0.1) is 0 Å². The number of nitriles is 1. The third-order valence-electron chi connectivity index (χ3n) is 3.64. The van der Waals surface area contributed by atoms with E-state index in [0.717, 1.165) is 0 Å². The van der Waals surface area contributed by atoms with Crippen LogP contribution in [0.1, 0.15) is 33.3 Å². The number of halogens is 1. The molecule has 1 aromatic rings. The summed E-state index contributed by atoms with van der Waals surface area (Å²) in [4.78, 5) is 11.3. The van der Waals surface area contributed by atoms with Crippen LogP contribution in [0.4, 0.5) is 5.69 Å². The van der Waals surface area contributed by atoms with Crippen molar-refractivity contribution in [2.75, 3.05) is 5.32 Å². The molecule has 0 heterocycles. The summed E-state index contributed by atoms with van der Waals surface area (Å²) < 4.78 is 0. The smallest absolute Gasteiger partial charge is 0.311 e. The molecule has 102 valence electrons. The summed E-state index contributed by atoms with van der Waals surface area (Å²) in [5.41, 5.74) is -0.574. The van der Waals surface area contributed by atoms with Crippen LogP contribution in [0.5, 0.6) is 0 Å². The average Bonchev–Trinajstić information content (AvgIpc) is 2.28. The van der Waals surface area contributed by atoms with Gasteiger partial charge in [-0.05, 0) is 45.9 Å². The second-order valence-electron chi connectivity index (χ2n) is 5.49. The number of benzene rings is 1. The highest BCUT2D eigenvalue weighted by atomic mass is 35.5. The number of nitrogens with one attached hydrogen (secondary N) is 1. The van der Waals surface area contributed by atoms with E-state index in [1.807, 2.05) is 19.9 Å². The van der Waals surface area contributed by atoms with E-state index < -0.39 is 16.9 Å². The standard InChI is InChI=1S/C14H17ClN2O2/c1-13(2,12(18)19)14(3,4)17-10-6-5-9(8-16)11(15)7-10/h5-7,17H,1-4H3,(H,18,19). The molecule has 19 heavy (non-hydrogen) atoms. The van der Waals surface area contributed by atoms with Gasteiger partial charge in [-0.2, -0.15) is 5.26 Å². The zero-order chi connectivity index (χ0) is 14.8. The number of rotatable bonds is 4. The quantitative estimate of drug-likeness (QED) is 0.885. The summed E-state index contributed by atoms with van der Waals surface area (Å²) in [6, 6.07) is 6.92. The molecule has 1 aromatic carbocycles. The Morgan fingerprint density at radius 1 is 1.37 bits per heavy atom. The maximum atomic E-state index is 11.3. The van der Waals surface area contributed by atoms with Crippen molar-refractivity contribution in [2.24, 2.45) is 5.41 Å². The van der Waals surface area contributed by atoms with Gasteiger partial charge in [0.2, 0.25) is 0 Å². The third kappa shape index (κ3) is 2.99. The lowest BCUT2D eigenvalue weighted by atomic mass is 9.74. The second-order valence-corrected chi connectivity index (χ2v) is 5.89. The lowest BCUT2D eigenvalue weighted by Gasteiger charge is -2.39. The SMILES string of the molecule is CC(C)(Nc1ccc(C#N)c(Cl)c1)C(C)(C)C(=O)O. The Kier molecular flexibility index (Phi) is 4.12. The van der Waals surface area contributed by atoms with Crippen LogP contribution in [0, 0.1) is 16.7 Å². The van der Waals surface area contributed by atoms with Gasteiger partial charge in [0.15, 0.2) is 0 Å². The van der Waals surface area contributed by atoms with Gasteiger partial charge < -0.3 is 10.4 Å². The van der Waals surface area contributed by atoms with E-state index in [2.05, 4.69) is 5.32 Å². The zero-order valence-electron chi connectivity index (χ0n) is 11.4. The van der Waals surface area contributed by atoms with Gasteiger partial charge in [0.05, 0.1) is 16.0 Å². The fraction of sp³-hybridized carbons (Fsp3) is 0.429. The van der Waals surface area contributed by atoms with Crippen LogP contribution in [0.15, 0.2) is 18.2 Å². The minimum Gasteiger partial charge on any atom is -0.481 e. The van der Waals surface area contributed by atoms with E-state index in [9.17, 15) is 9.90 Å². The average molecular weight is 281 g/mol. The highest BCUT2D eigenvalue weighted by Gasteiger charge is 2.43. The van der Waals surface area contributed by atoms with E-state index >= 15 is 0 Å². The molecule has 0 aliphatic carbocycles. The Bertz CT molecular complexity index is 545. The Labute approximate surface area is 118 Å². The van der Waals surface area contributed by atoms with E-state index in [1.165, 1.54) is 0 Å². The molecule has 5 heteroatoms. The van der Waals surface area contributed by atoms with Crippen molar-refractivity contribution in [2.45, 2.75) is 33.2 Å². The molecule has 0 aliphatic rings. The second kappa shape index (κ2) is 5.10. The van der Waals surface area contributed by atoms with E-state index in [1.54, 1.807) is 32.0 Å². The first-order chi connectivity index (χ1) is 8.61. The first-order valence-electron chi connectivity index (χ1n) is 5.83. The lowest BCUT2D eigenvalue weighted by molar-refractivity contribution is -0.149. The fourth-order valence-electron chi connectivity index (χ4n) is 1.47. The van der Waals surface area contributed by atoms with Gasteiger partial charge >= 0.3 is 5.97 Å².